The maximum Gasteiger partial charge on any atom is 0.244 e. The van der Waals surface area contributed by atoms with Crippen LogP contribution in [0.3, 0.4) is 0 Å². The number of nitrogens with two attached hydrogens (primary N) is 1. The van der Waals surface area contributed by atoms with Gasteiger partial charge >= 0.3 is 0 Å². The highest BCUT2D eigenvalue weighted by atomic mass is 32.2. The van der Waals surface area contributed by atoms with Gasteiger partial charge in [0.2, 0.25) is 10.0 Å². The fraction of sp³-hybridized carbons (Fsp3) is 0.214. The molecular formula is C14H17N3O2S. The van der Waals surface area contributed by atoms with E-state index in [1.54, 1.807) is 31.4 Å². The van der Waals surface area contributed by atoms with Gasteiger partial charge in [0.25, 0.3) is 0 Å². The van der Waals surface area contributed by atoms with E-state index in [1.165, 1.54) is 10.4 Å². The average molecular weight is 291 g/mol. The van der Waals surface area contributed by atoms with Gasteiger partial charge < -0.3 is 5.73 Å². The number of nitrogens with zero attached hydrogens (tertiary/aromatic N) is 2. The minimum Gasteiger partial charge on any atom is -0.398 e. The zero-order valence-corrected chi connectivity index (χ0v) is 12.0. The Balaban J connectivity index is 2.12. The van der Waals surface area contributed by atoms with E-state index >= 15 is 0 Å². The number of sulfonamides is 1. The van der Waals surface area contributed by atoms with Crippen LogP contribution in [0.4, 0.5) is 5.69 Å². The van der Waals surface area contributed by atoms with Crippen LogP contribution in [0.25, 0.3) is 0 Å². The van der Waals surface area contributed by atoms with Crippen molar-refractivity contribution in [3.8, 4) is 0 Å². The molecule has 0 radical (unpaired) electrons. The van der Waals surface area contributed by atoms with Crippen molar-refractivity contribution in [3.05, 3.63) is 54.4 Å². The average Bonchev–Trinajstić information content (AvgIpc) is 2.46. The molecule has 0 bridgehead atoms. The van der Waals surface area contributed by atoms with Gasteiger partial charge in [0.05, 0.1) is 5.69 Å². The molecule has 0 fully saturated rings. The molecule has 2 N–H and O–H groups in total. The number of anilines is 1. The Morgan fingerprint density at radius 1 is 1.15 bits per heavy atom. The Morgan fingerprint density at radius 3 is 2.50 bits per heavy atom. The lowest BCUT2D eigenvalue weighted by molar-refractivity contribution is 0.471. The molecule has 0 atom stereocenters. The highest BCUT2D eigenvalue weighted by molar-refractivity contribution is 7.89. The number of hydrogen-bond donors (Lipinski definition) is 1. The van der Waals surface area contributed by atoms with Crippen LogP contribution in [-0.4, -0.2) is 31.3 Å². The van der Waals surface area contributed by atoms with E-state index in [4.69, 9.17) is 5.73 Å². The number of pyridine rings is 1. The Morgan fingerprint density at radius 2 is 1.85 bits per heavy atom. The zero-order valence-electron chi connectivity index (χ0n) is 11.2. The van der Waals surface area contributed by atoms with E-state index in [9.17, 15) is 8.42 Å². The van der Waals surface area contributed by atoms with Crippen molar-refractivity contribution < 1.29 is 8.42 Å². The summed E-state index contributed by atoms with van der Waals surface area (Å²) in [6.45, 7) is 0.355. The largest absolute Gasteiger partial charge is 0.398 e. The number of aromatic nitrogens is 1. The van der Waals surface area contributed by atoms with E-state index in [0.29, 0.717) is 13.0 Å². The molecular weight excluding hydrogens is 274 g/mol. The highest BCUT2D eigenvalue weighted by Gasteiger charge is 2.22. The highest BCUT2D eigenvalue weighted by Crippen LogP contribution is 2.20. The van der Waals surface area contributed by atoms with E-state index in [2.05, 4.69) is 4.98 Å². The Hall–Kier alpha value is -1.92. The molecule has 0 aliphatic rings. The smallest absolute Gasteiger partial charge is 0.244 e. The first-order valence-corrected chi connectivity index (χ1v) is 7.66. The van der Waals surface area contributed by atoms with Gasteiger partial charge in [-0.1, -0.05) is 18.2 Å². The van der Waals surface area contributed by atoms with Gasteiger partial charge in [0.15, 0.2) is 0 Å². The molecule has 0 saturated heterocycles. The lowest BCUT2D eigenvalue weighted by Gasteiger charge is -2.18. The molecule has 1 aromatic carbocycles. The maximum atomic E-state index is 12.4. The summed E-state index contributed by atoms with van der Waals surface area (Å²) in [5, 5.41) is 0. The number of likely N-dealkylation sites (N-methyl/N-ethyl adjacent to an activating group) is 1. The maximum absolute atomic E-state index is 12.4. The first-order chi connectivity index (χ1) is 9.51. The number of benzene rings is 1. The fourth-order valence-corrected chi connectivity index (χ4v) is 3.11. The summed E-state index contributed by atoms with van der Waals surface area (Å²) >= 11 is 0. The number of para-hydroxylation sites is 1. The minimum atomic E-state index is -3.56. The van der Waals surface area contributed by atoms with E-state index in [0.717, 1.165) is 5.69 Å². The van der Waals surface area contributed by atoms with Crippen LogP contribution >= 0.6 is 0 Å². The Kier molecular flexibility index (Phi) is 4.36. The van der Waals surface area contributed by atoms with Crippen LogP contribution in [0.15, 0.2) is 53.6 Å². The molecule has 20 heavy (non-hydrogen) atoms. The SMILES string of the molecule is CN(CCc1ccccn1)S(=O)(=O)c1ccccc1N. The van der Waals surface area contributed by atoms with Crippen molar-refractivity contribution >= 4 is 15.7 Å². The van der Waals surface area contributed by atoms with E-state index in [1.807, 2.05) is 18.2 Å². The molecule has 6 heteroatoms. The molecule has 2 rings (SSSR count). The molecule has 0 unspecified atom stereocenters. The summed E-state index contributed by atoms with van der Waals surface area (Å²) in [6, 6.07) is 12.1. The van der Waals surface area contributed by atoms with Gasteiger partial charge in [-0.2, -0.15) is 0 Å². The lowest BCUT2D eigenvalue weighted by atomic mass is 10.3. The van der Waals surface area contributed by atoms with Crippen LogP contribution in [-0.2, 0) is 16.4 Å². The molecule has 0 spiro atoms. The van der Waals surface area contributed by atoms with E-state index < -0.39 is 10.0 Å². The summed E-state index contributed by atoms with van der Waals surface area (Å²) in [5.74, 6) is 0. The fourth-order valence-electron chi connectivity index (χ4n) is 1.82. The Bertz CT molecular complexity index is 672. The normalized spacial score (nSPS) is 11.7. The van der Waals surface area contributed by atoms with Gasteiger partial charge in [-0.25, -0.2) is 12.7 Å². The van der Waals surface area contributed by atoms with Crippen molar-refractivity contribution in [1.29, 1.82) is 0 Å². The quantitative estimate of drug-likeness (QED) is 0.848. The van der Waals surface area contributed by atoms with Crippen LogP contribution in [0, 0.1) is 0 Å². The molecule has 0 saturated carbocycles. The van der Waals surface area contributed by atoms with Gasteiger partial charge in [0.1, 0.15) is 4.90 Å². The van der Waals surface area contributed by atoms with Crippen molar-refractivity contribution in [2.45, 2.75) is 11.3 Å². The topological polar surface area (TPSA) is 76.3 Å². The minimum absolute atomic E-state index is 0.142. The van der Waals surface area contributed by atoms with E-state index in [-0.39, 0.29) is 10.6 Å². The standard InChI is InChI=1S/C14H17N3O2S/c1-17(11-9-12-6-4-5-10-16-12)20(18,19)14-8-3-2-7-13(14)15/h2-8,10H,9,11,15H2,1H3. The second-order valence-electron chi connectivity index (χ2n) is 4.44. The molecule has 1 aromatic heterocycles. The first-order valence-electron chi connectivity index (χ1n) is 6.22. The van der Waals surface area contributed by atoms with Crippen molar-refractivity contribution in [1.82, 2.24) is 9.29 Å². The molecule has 5 nitrogen and oxygen atoms in total. The zero-order chi connectivity index (χ0) is 14.6. The molecule has 2 aromatic rings. The van der Waals surface area contributed by atoms with Gasteiger partial charge in [-0.3, -0.25) is 4.98 Å². The van der Waals surface area contributed by atoms with Crippen LogP contribution in [0.2, 0.25) is 0 Å². The van der Waals surface area contributed by atoms with Crippen molar-refractivity contribution in [3.63, 3.8) is 0 Å². The monoisotopic (exact) mass is 291 g/mol. The van der Waals surface area contributed by atoms with Crippen LogP contribution < -0.4 is 5.73 Å². The third-order valence-corrected chi connectivity index (χ3v) is 4.95. The third kappa shape index (κ3) is 3.15. The first kappa shape index (κ1) is 14.5. The summed E-state index contributed by atoms with van der Waals surface area (Å²) < 4.78 is 26.1. The molecule has 0 aliphatic carbocycles. The number of rotatable bonds is 5. The molecule has 106 valence electrons. The number of nitrogen functional groups attached to an aromatic ring is 1. The molecule has 0 amide bonds. The summed E-state index contributed by atoms with van der Waals surface area (Å²) in [5.41, 5.74) is 6.85. The second kappa shape index (κ2) is 6.02. The lowest BCUT2D eigenvalue weighted by Crippen LogP contribution is -2.29. The van der Waals surface area contributed by atoms with Crippen LogP contribution in [0.5, 0.6) is 0 Å². The predicted molar refractivity (Wildman–Crippen MR) is 78.6 cm³/mol. The van der Waals surface area contributed by atoms with Crippen molar-refractivity contribution in [2.24, 2.45) is 0 Å². The summed E-state index contributed by atoms with van der Waals surface area (Å²) in [6.07, 6.45) is 2.25. The Labute approximate surface area is 119 Å². The summed E-state index contributed by atoms with van der Waals surface area (Å²) in [4.78, 5) is 4.32. The third-order valence-electron chi connectivity index (χ3n) is 3.02. The molecule has 1 heterocycles. The summed E-state index contributed by atoms with van der Waals surface area (Å²) in [7, 11) is -2.01. The molecule has 0 aliphatic heterocycles. The van der Waals surface area contributed by atoms with Gasteiger partial charge in [-0.15, -0.1) is 0 Å². The van der Waals surface area contributed by atoms with Gasteiger partial charge in [-0.05, 0) is 24.3 Å². The second-order valence-corrected chi connectivity index (χ2v) is 6.45. The van der Waals surface area contributed by atoms with Gasteiger partial charge in [0, 0.05) is 31.9 Å². The van der Waals surface area contributed by atoms with Crippen LogP contribution in [0.1, 0.15) is 5.69 Å². The van der Waals surface area contributed by atoms with Crippen molar-refractivity contribution in [2.75, 3.05) is 19.3 Å². The number of hydrogen-bond acceptors (Lipinski definition) is 4. The predicted octanol–water partition coefficient (Wildman–Crippen LogP) is 1.53.